The monoisotopic (exact) mass is 385 g/mol. The fraction of sp³-hybridized carbons (Fsp3) is 0.571. The second-order valence-electron chi connectivity index (χ2n) is 9.02. The number of benzene rings is 1. The van der Waals surface area contributed by atoms with E-state index >= 15 is 0 Å². The zero-order valence-corrected chi connectivity index (χ0v) is 17.6. The Morgan fingerprint density at radius 3 is 2.56 bits per heavy atom. The third-order valence-electron chi connectivity index (χ3n) is 5.94. The summed E-state index contributed by atoms with van der Waals surface area (Å²) < 4.78 is 18.4. The van der Waals surface area contributed by atoms with E-state index in [0.717, 1.165) is 42.8 Å². The molecule has 1 atom stereocenters. The van der Waals surface area contributed by atoms with Crippen LogP contribution in [0, 0.1) is 6.92 Å². The lowest BCUT2D eigenvalue weighted by molar-refractivity contribution is 0.238. The van der Waals surface area contributed by atoms with E-state index in [1.54, 1.807) is 0 Å². The van der Waals surface area contributed by atoms with E-state index in [1.807, 2.05) is 51.3 Å². The fourth-order valence-corrected chi connectivity index (χ4v) is 4.80. The predicted molar refractivity (Wildman–Crippen MR) is 111 cm³/mol. The van der Waals surface area contributed by atoms with Crippen molar-refractivity contribution in [2.24, 2.45) is 4.40 Å². The molecule has 4 rings (SSSR count). The highest BCUT2D eigenvalue weighted by Gasteiger charge is 2.46. The summed E-state index contributed by atoms with van der Waals surface area (Å²) in [6.45, 7) is 10.3. The number of aryl methyl sites for hydroxylation is 1. The van der Waals surface area contributed by atoms with Gasteiger partial charge in [0.25, 0.3) is 5.56 Å². The van der Waals surface area contributed by atoms with Gasteiger partial charge >= 0.3 is 0 Å². The first-order chi connectivity index (χ1) is 12.6. The summed E-state index contributed by atoms with van der Waals surface area (Å²) in [5, 5.41) is 0.640. The molecule has 0 saturated heterocycles. The van der Waals surface area contributed by atoms with E-state index in [1.165, 1.54) is 6.42 Å². The van der Waals surface area contributed by atoms with Crippen molar-refractivity contribution in [2.45, 2.75) is 77.0 Å². The van der Waals surface area contributed by atoms with Gasteiger partial charge in [-0.3, -0.25) is 9.36 Å². The minimum absolute atomic E-state index is 0.0495. The Balaban J connectivity index is 1.96. The van der Waals surface area contributed by atoms with Crippen LogP contribution in [0.4, 0.5) is 0 Å². The van der Waals surface area contributed by atoms with E-state index in [0.29, 0.717) is 16.6 Å². The van der Waals surface area contributed by atoms with Gasteiger partial charge in [-0.15, -0.1) is 0 Å². The third-order valence-corrected chi connectivity index (χ3v) is 7.42. The molecule has 2 aliphatic rings. The fourth-order valence-electron chi connectivity index (χ4n) is 4.18. The molecule has 144 valence electrons. The Labute approximate surface area is 162 Å². The number of hydrogen-bond acceptors (Lipinski definition) is 3. The molecule has 0 unspecified atom stereocenters. The summed E-state index contributed by atoms with van der Waals surface area (Å²) in [7, 11) is -1.35. The molecule has 1 aliphatic heterocycles. The predicted octanol–water partition coefficient (Wildman–Crippen LogP) is 3.80. The zero-order chi connectivity index (χ0) is 19.6. The molecule has 0 amide bonds. The molecule has 2 aromatic rings. The summed E-state index contributed by atoms with van der Waals surface area (Å²) in [4.78, 5) is 18.2. The van der Waals surface area contributed by atoms with Crippen LogP contribution in [-0.4, -0.2) is 24.2 Å². The first-order valence-corrected chi connectivity index (χ1v) is 10.8. The summed E-state index contributed by atoms with van der Waals surface area (Å²) in [5.41, 5.74) is 3.34. The number of aromatic nitrogens is 2. The Hall–Kier alpha value is -1.82. The average Bonchev–Trinajstić information content (AvgIpc) is 2.94. The molecule has 1 aromatic carbocycles. The molecule has 1 saturated carbocycles. The highest BCUT2D eigenvalue weighted by atomic mass is 32.2. The highest BCUT2D eigenvalue weighted by molar-refractivity contribution is 7.85. The van der Waals surface area contributed by atoms with Gasteiger partial charge in [0, 0.05) is 17.5 Å². The van der Waals surface area contributed by atoms with Crippen LogP contribution in [0.2, 0.25) is 0 Å². The van der Waals surface area contributed by atoms with Crippen LogP contribution in [0.5, 0.6) is 0 Å². The van der Waals surface area contributed by atoms with Crippen LogP contribution in [-0.2, 0) is 22.9 Å². The van der Waals surface area contributed by atoms with E-state index in [9.17, 15) is 9.00 Å². The summed E-state index contributed by atoms with van der Waals surface area (Å²) in [6, 6.07) is 3.92. The normalized spacial score (nSPS) is 20.0. The minimum atomic E-state index is -1.35. The zero-order valence-electron chi connectivity index (χ0n) is 16.8. The SMILES string of the molecule is CC(=N[S@](=O)C(C)(C)C)c1cc(C)cc2c(=O)n3c(nc12)C1(CCC1)CC3. The molecule has 0 bridgehead atoms. The first-order valence-electron chi connectivity index (χ1n) is 9.66. The highest BCUT2D eigenvalue weighted by Crippen LogP contribution is 2.49. The standard InChI is InChI=1S/C21H27N3O2S/c1-13-11-15(14(2)23-27(26)20(3,4)5)17-16(12-13)18(25)24-10-9-21(7-6-8-21)19(24)22-17/h11-12H,6-10H2,1-5H3/t27-/m1/s1. The molecular weight excluding hydrogens is 358 g/mol. The minimum Gasteiger partial charge on any atom is -0.296 e. The maximum absolute atomic E-state index is 13.2. The second-order valence-corrected chi connectivity index (χ2v) is 10.9. The largest absolute Gasteiger partial charge is 0.296 e. The van der Waals surface area contributed by atoms with Crippen molar-refractivity contribution in [3.8, 4) is 0 Å². The van der Waals surface area contributed by atoms with Gasteiger partial charge in [-0.25, -0.2) is 9.19 Å². The van der Waals surface area contributed by atoms with Gasteiger partial charge in [-0.1, -0.05) is 6.42 Å². The number of rotatable bonds is 2. The number of hydrogen-bond donors (Lipinski definition) is 0. The summed E-state index contributed by atoms with van der Waals surface area (Å²) in [5.74, 6) is 0.945. The molecular formula is C21H27N3O2S. The lowest BCUT2D eigenvalue weighted by atomic mass is 9.67. The van der Waals surface area contributed by atoms with E-state index in [-0.39, 0.29) is 11.0 Å². The topological polar surface area (TPSA) is 64.3 Å². The van der Waals surface area contributed by atoms with E-state index in [2.05, 4.69) is 4.40 Å². The van der Waals surface area contributed by atoms with Gasteiger partial charge in [0.2, 0.25) is 0 Å². The summed E-state index contributed by atoms with van der Waals surface area (Å²) in [6.07, 6.45) is 4.46. The smallest absolute Gasteiger partial charge is 0.261 e. The van der Waals surface area contributed by atoms with Gasteiger partial charge in [0.15, 0.2) is 0 Å². The molecule has 5 nitrogen and oxygen atoms in total. The molecule has 0 N–H and O–H groups in total. The average molecular weight is 386 g/mol. The van der Waals surface area contributed by atoms with Crippen molar-refractivity contribution in [1.82, 2.24) is 9.55 Å². The molecule has 2 heterocycles. The van der Waals surface area contributed by atoms with Crippen molar-refractivity contribution < 1.29 is 4.21 Å². The quantitative estimate of drug-likeness (QED) is 0.739. The van der Waals surface area contributed by atoms with E-state index < -0.39 is 15.7 Å². The second kappa shape index (κ2) is 6.09. The third kappa shape index (κ3) is 2.89. The van der Waals surface area contributed by atoms with Gasteiger partial charge in [0.05, 0.1) is 21.4 Å². The van der Waals surface area contributed by atoms with Crippen LogP contribution in [0.15, 0.2) is 21.3 Å². The van der Waals surface area contributed by atoms with Crippen molar-refractivity contribution in [3.63, 3.8) is 0 Å². The van der Waals surface area contributed by atoms with Gasteiger partial charge in [0.1, 0.15) is 16.8 Å². The van der Waals surface area contributed by atoms with Crippen molar-refractivity contribution in [1.29, 1.82) is 0 Å². The van der Waals surface area contributed by atoms with Crippen LogP contribution >= 0.6 is 0 Å². The molecule has 1 aromatic heterocycles. The van der Waals surface area contributed by atoms with Crippen molar-refractivity contribution in [2.75, 3.05) is 0 Å². The molecule has 27 heavy (non-hydrogen) atoms. The molecule has 1 spiro atoms. The Kier molecular flexibility index (Phi) is 4.18. The lowest BCUT2D eigenvalue weighted by Crippen LogP contribution is -2.34. The molecule has 0 radical (unpaired) electrons. The first kappa shape index (κ1) is 18.5. The maximum Gasteiger partial charge on any atom is 0.261 e. The number of nitrogens with zero attached hydrogens (tertiary/aromatic N) is 3. The van der Waals surface area contributed by atoms with E-state index in [4.69, 9.17) is 4.98 Å². The lowest BCUT2D eigenvalue weighted by Gasteiger charge is -2.37. The molecule has 1 aliphatic carbocycles. The Bertz CT molecular complexity index is 1060. The Morgan fingerprint density at radius 1 is 1.26 bits per heavy atom. The van der Waals surface area contributed by atoms with Crippen LogP contribution in [0.3, 0.4) is 0 Å². The van der Waals surface area contributed by atoms with Gasteiger partial charge in [-0.05, 0) is 71.6 Å². The molecule has 6 heteroatoms. The maximum atomic E-state index is 13.2. The van der Waals surface area contributed by atoms with Crippen molar-refractivity contribution >= 4 is 27.6 Å². The number of fused-ring (bicyclic) bond motifs is 3. The summed E-state index contributed by atoms with van der Waals surface area (Å²) >= 11 is 0. The Morgan fingerprint density at radius 2 is 1.96 bits per heavy atom. The van der Waals surface area contributed by atoms with Gasteiger partial charge in [-0.2, -0.15) is 4.40 Å². The van der Waals surface area contributed by atoms with Gasteiger partial charge < -0.3 is 0 Å². The van der Waals surface area contributed by atoms with Crippen molar-refractivity contribution in [3.05, 3.63) is 39.4 Å². The molecule has 1 fully saturated rings. The van der Waals surface area contributed by atoms with Crippen LogP contribution in [0.25, 0.3) is 10.9 Å². The van der Waals surface area contributed by atoms with Crippen LogP contribution < -0.4 is 5.56 Å². The van der Waals surface area contributed by atoms with Crippen LogP contribution in [0.1, 0.15) is 70.3 Å².